The topological polar surface area (TPSA) is 46.7 Å². The number of hydrogen-bond donors (Lipinski definition) is 0. The molecule has 1 aliphatic rings. The summed E-state index contributed by atoms with van der Waals surface area (Å²) in [7, 11) is -3.07. The first-order valence-corrected chi connectivity index (χ1v) is 6.68. The van der Waals surface area contributed by atoms with Gasteiger partial charge in [-0.2, -0.15) is 0 Å². The molecule has 1 heterocycles. The Morgan fingerprint density at radius 3 is 2.20 bits per heavy atom. The molecule has 0 radical (unpaired) electrons. The Morgan fingerprint density at radius 2 is 1.80 bits per heavy atom. The van der Waals surface area contributed by atoms with Crippen LogP contribution < -0.4 is 0 Å². The van der Waals surface area contributed by atoms with Gasteiger partial charge in [0, 0.05) is 0 Å². The van der Waals surface area contributed by atoms with Crippen molar-refractivity contribution in [2.45, 2.75) is 31.0 Å². The van der Waals surface area contributed by atoms with E-state index in [4.69, 9.17) is 4.74 Å². The van der Waals surface area contributed by atoms with E-state index >= 15 is 0 Å². The van der Waals surface area contributed by atoms with E-state index in [1.807, 2.05) is 19.1 Å². The van der Waals surface area contributed by atoms with Crippen LogP contribution in [0.15, 0.2) is 29.2 Å². The van der Waals surface area contributed by atoms with Crippen LogP contribution in [0.5, 0.6) is 0 Å². The van der Waals surface area contributed by atoms with Gasteiger partial charge < -0.3 is 4.74 Å². The third-order valence-electron chi connectivity index (χ3n) is 2.66. The second kappa shape index (κ2) is 3.61. The molecule has 4 heteroatoms. The van der Waals surface area contributed by atoms with E-state index in [0.29, 0.717) is 4.90 Å². The van der Waals surface area contributed by atoms with Crippen molar-refractivity contribution in [2.24, 2.45) is 0 Å². The summed E-state index contributed by atoms with van der Waals surface area (Å²) in [5.74, 6) is 0.142. The summed E-state index contributed by atoms with van der Waals surface area (Å²) >= 11 is 0. The summed E-state index contributed by atoms with van der Waals surface area (Å²) in [4.78, 5) is 0.391. The number of benzene rings is 1. The van der Waals surface area contributed by atoms with Crippen molar-refractivity contribution in [3.05, 3.63) is 29.8 Å². The highest BCUT2D eigenvalue weighted by molar-refractivity contribution is 7.91. The number of hydrogen-bond acceptors (Lipinski definition) is 3. The van der Waals surface area contributed by atoms with Gasteiger partial charge in [-0.15, -0.1) is 0 Å². The molecule has 0 amide bonds. The van der Waals surface area contributed by atoms with Gasteiger partial charge in [0.25, 0.3) is 0 Å². The van der Waals surface area contributed by atoms with Gasteiger partial charge in [0.2, 0.25) is 0 Å². The van der Waals surface area contributed by atoms with Crippen molar-refractivity contribution in [1.29, 1.82) is 0 Å². The molecule has 1 aromatic carbocycles. The summed E-state index contributed by atoms with van der Waals surface area (Å²) in [5.41, 5.74) is 1.05. The predicted molar refractivity (Wildman–Crippen MR) is 57.5 cm³/mol. The molecule has 15 heavy (non-hydrogen) atoms. The average molecular weight is 226 g/mol. The van der Waals surface area contributed by atoms with Crippen LogP contribution in [0.25, 0.3) is 0 Å². The maximum atomic E-state index is 11.5. The fourth-order valence-electron chi connectivity index (χ4n) is 1.57. The monoisotopic (exact) mass is 226 g/mol. The summed E-state index contributed by atoms with van der Waals surface area (Å²) in [5, 5.41) is 0. The third kappa shape index (κ3) is 2.06. The maximum absolute atomic E-state index is 11.5. The molecular weight excluding hydrogens is 212 g/mol. The Hall–Kier alpha value is -0.870. The lowest BCUT2D eigenvalue weighted by molar-refractivity contribution is 0.383. The van der Waals surface area contributed by atoms with Crippen LogP contribution in [0.2, 0.25) is 0 Å². The lowest BCUT2D eigenvalue weighted by Crippen LogP contribution is -2.03. The molecule has 2 rings (SSSR count). The summed E-state index contributed by atoms with van der Waals surface area (Å²) in [6, 6.07) is 6.97. The van der Waals surface area contributed by atoms with Crippen molar-refractivity contribution in [2.75, 3.05) is 5.75 Å². The minimum absolute atomic E-state index is 0.142. The second-order valence-electron chi connectivity index (χ2n) is 3.73. The Kier molecular flexibility index (Phi) is 2.56. The van der Waals surface area contributed by atoms with Crippen molar-refractivity contribution >= 4 is 9.84 Å². The van der Waals surface area contributed by atoms with Crippen LogP contribution in [-0.2, 0) is 14.6 Å². The maximum Gasteiger partial charge on any atom is 0.178 e. The van der Waals surface area contributed by atoms with Gasteiger partial charge >= 0.3 is 0 Å². The normalized spacial score (nSPS) is 25.2. The number of rotatable bonds is 3. The summed E-state index contributed by atoms with van der Waals surface area (Å²) < 4.78 is 28.4. The molecule has 0 N–H and O–H groups in total. The van der Waals surface area contributed by atoms with Crippen LogP contribution in [0.1, 0.15) is 25.5 Å². The molecule has 0 bridgehead atoms. The average Bonchev–Trinajstić information content (AvgIpc) is 2.96. The largest absolute Gasteiger partial charge is 0.365 e. The van der Waals surface area contributed by atoms with Crippen molar-refractivity contribution in [3.8, 4) is 0 Å². The molecule has 2 atom stereocenters. The molecular formula is C11H14O3S. The van der Waals surface area contributed by atoms with Crippen LogP contribution in [0.4, 0.5) is 0 Å². The molecule has 1 aromatic rings. The van der Waals surface area contributed by atoms with Gasteiger partial charge in [0.15, 0.2) is 9.84 Å². The predicted octanol–water partition coefficient (Wildman–Crippen LogP) is 1.94. The molecule has 1 fully saturated rings. The summed E-state index contributed by atoms with van der Waals surface area (Å²) in [6.45, 7) is 3.65. The Labute approximate surface area is 90.0 Å². The van der Waals surface area contributed by atoms with Gasteiger partial charge in [0.05, 0.1) is 16.8 Å². The highest BCUT2D eigenvalue weighted by atomic mass is 32.2. The molecule has 0 saturated carbocycles. The van der Waals surface area contributed by atoms with Crippen LogP contribution >= 0.6 is 0 Å². The highest BCUT2D eigenvalue weighted by Gasteiger charge is 2.35. The van der Waals surface area contributed by atoms with Gasteiger partial charge in [-0.3, -0.25) is 0 Å². The van der Waals surface area contributed by atoms with Gasteiger partial charge in [0.1, 0.15) is 6.10 Å². The van der Waals surface area contributed by atoms with E-state index in [0.717, 1.165) is 5.56 Å². The smallest absolute Gasteiger partial charge is 0.178 e. The number of ether oxygens (including phenoxy) is 1. The van der Waals surface area contributed by atoms with E-state index in [2.05, 4.69) is 0 Å². The van der Waals surface area contributed by atoms with Crippen LogP contribution in [0, 0.1) is 0 Å². The molecule has 0 aliphatic carbocycles. The van der Waals surface area contributed by atoms with Crippen molar-refractivity contribution < 1.29 is 13.2 Å². The van der Waals surface area contributed by atoms with Gasteiger partial charge in [-0.25, -0.2) is 8.42 Å². The lowest BCUT2D eigenvalue weighted by Gasteiger charge is -2.01. The number of sulfone groups is 1. The third-order valence-corrected chi connectivity index (χ3v) is 4.41. The summed E-state index contributed by atoms with van der Waals surface area (Å²) in [6.07, 6.45) is 0.419. The van der Waals surface area contributed by atoms with E-state index in [1.165, 1.54) is 0 Å². The van der Waals surface area contributed by atoms with E-state index in [9.17, 15) is 8.42 Å². The van der Waals surface area contributed by atoms with Gasteiger partial charge in [-0.1, -0.05) is 19.1 Å². The van der Waals surface area contributed by atoms with E-state index in [1.54, 1.807) is 19.1 Å². The highest BCUT2D eigenvalue weighted by Crippen LogP contribution is 2.38. The van der Waals surface area contributed by atoms with Crippen molar-refractivity contribution in [3.63, 3.8) is 0 Å². The SMILES string of the molecule is CCS(=O)(=O)c1ccc([C@@H]2O[C@H]2C)cc1. The zero-order valence-electron chi connectivity index (χ0n) is 8.80. The zero-order valence-corrected chi connectivity index (χ0v) is 9.62. The molecule has 0 aromatic heterocycles. The van der Waals surface area contributed by atoms with Gasteiger partial charge in [-0.05, 0) is 24.6 Å². The first-order chi connectivity index (χ1) is 7.04. The quantitative estimate of drug-likeness (QED) is 0.740. The van der Waals surface area contributed by atoms with E-state index in [-0.39, 0.29) is 18.0 Å². The number of epoxide rings is 1. The molecule has 82 valence electrons. The second-order valence-corrected chi connectivity index (χ2v) is 6.01. The van der Waals surface area contributed by atoms with E-state index < -0.39 is 9.84 Å². The minimum Gasteiger partial charge on any atom is -0.365 e. The molecule has 1 aliphatic heterocycles. The molecule has 3 nitrogen and oxygen atoms in total. The molecule has 0 unspecified atom stereocenters. The Morgan fingerprint density at radius 1 is 1.27 bits per heavy atom. The lowest BCUT2D eigenvalue weighted by atomic mass is 10.1. The Balaban J connectivity index is 2.25. The zero-order chi connectivity index (χ0) is 11.1. The fraction of sp³-hybridized carbons (Fsp3) is 0.455. The van der Waals surface area contributed by atoms with Crippen molar-refractivity contribution in [1.82, 2.24) is 0 Å². The first kappa shape index (κ1) is 10.6. The molecule has 1 saturated heterocycles. The standard InChI is InChI=1S/C11H14O3S/c1-3-15(12,13)10-6-4-9(5-7-10)11-8(2)14-11/h4-8,11H,3H2,1-2H3/t8-,11+/m0/s1. The first-order valence-electron chi connectivity index (χ1n) is 5.03. The Bertz CT molecular complexity index is 447. The minimum atomic E-state index is -3.07. The fourth-order valence-corrected chi connectivity index (χ4v) is 2.45. The van der Waals surface area contributed by atoms with Crippen LogP contribution in [0.3, 0.4) is 0 Å². The molecule has 0 spiro atoms. The van der Waals surface area contributed by atoms with Crippen LogP contribution in [-0.4, -0.2) is 20.3 Å².